The fourth-order valence-corrected chi connectivity index (χ4v) is 1.94. The number of ether oxygens (including phenoxy) is 3. The van der Waals surface area contributed by atoms with Gasteiger partial charge in [-0.25, -0.2) is 0 Å². The second-order valence-corrected chi connectivity index (χ2v) is 4.24. The third-order valence-corrected chi connectivity index (χ3v) is 2.98. The van der Waals surface area contributed by atoms with Crippen LogP contribution in [0, 0.1) is 0 Å². The van der Waals surface area contributed by atoms with Crippen molar-refractivity contribution in [2.45, 2.75) is 13.2 Å². The van der Waals surface area contributed by atoms with E-state index in [4.69, 9.17) is 14.2 Å². The van der Waals surface area contributed by atoms with Gasteiger partial charge in [0, 0.05) is 5.56 Å². The molecular weight excluding hydrogens is 256 g/mol. The summed E-state index contributed by atoms with van der Waals surface area (Å²) in [5.41, 5.74) is 1.70. The number of hydrogen-bond acceptors (Lipinski definition) is 4. The summed E-state index contributed by atoms with van der Waals surface area (Å²) in [4.78, 5) is 0. The maximum atomic E-state index is 9.19. The third-order valence-electron chi connectivity index (χ3n) is 2.98. The SMILES string of the molecule is COc1ccc(CO)cc1COc1ccccc1OC. The van der Waals surface area contributed by atoms with Crippen LogP contribution in [0.4, 0.5) is 0 Å². The Morgan fingerprint density at radius 2 is 1.60 bits per heavy atom. The van der Waals surface area contributed by atoms with Crippen molar-refractivity contribution in [2.24, 2.45) is 0 Å². The molecule has 2 rings (SSSR count). The lowest BCUT2D eigenvalue weighted by Gasteiger charge is -2.13. The van der Waals surface area contributed by atoms with Crippen molar-refractivity contribution in [3.8, 4) is 17.2 Å². The van der Waals surface area contributed by atoms with E-state index in [9.17, 15) is 5.11 Å². The second-order valence-electron chi connectivity index (χ2n) is 4.24. The first kappa shape index (κ1) is 14.2. The van der Waals surface area contributed by atoms with Crippen molar-refractivity contribution >= 4 is 0 Å². The van der Waals surface area contributed by atoms with Gasteiger partial charge in [0.15, 0.2) is 11.5 Å². The first-order valence-electron chi connectivity index (χ1n) is 6.31. The Hall–Kier alpha value is -2.20. The lowest BCUT2D eigenvalue weighted by molar-refractivity contribution is 0.273. The molecule has 0 saturated carbocycles. The summed E-state index contributed by atoms with van der Waals surface area (Å²) in [6.45, 7) is 0.336. The second kappa shape index (κ2) is 6.82. The average molecular weight is 274 g/mol. The molecule has 0 saturated heterocycles. The normalized spacial score (nSPS) is 10.2. The summed E-state index contributed by atoms with van der Waals surface area (Å²) >= 11 is 0. The van der Waals surface area contributed by atoms with E-state index in [1.165, 1.54) is 0 Å². The van der Waals surface area contributed by atoms with Crippen LogP contribution in [0.5, 0.6) is 17.2 Å². The number of aliphatic hydroxyl groups is 1. The lowest BCUT2D eigenvalue weighted by Crippen LogP contribution is -2.01. The van der Waals surface area contributed by atoms with E-state index >= 15 is 0 Å². The zero-order valence-corrected chi connectivity index (χ0v) is 11.6. The predicted molar refractivity (Wildman–Crippen MR) is 76.2 cm³/mol. The van der Waals surface area contributed by atoms with E-state index in [1.54, 1.807) is 14.2 Å². The monoisotopic (exact) mass is 274 g/mol. The van der Waals surface area contributed by atoms with Gasteiger partial charge in [0.25, 0.3) is 0 Å². The minimum absolute atomic E-state index is 0.00828. The lowest BCUT2D eigenvalue weighted by atomic mass is 10.1. The van der Waals surface area contributed by atoms with Gasteiger partial charge in [-0.3, -0.25) is 0 Å². The van der Waals surface area contributed by atoms with E-state index in [1.807, 2.05) is 42.5 Å². The summed E-state index contributed by atoms with van der Waals surface area (Å²) < 4.78 is 16.3. The number of benzene rings is 2. The van der Waals surface area contributed by atoms with Crippen LogP contribution in [0.3, 0.4) is 0 Å². The van der Waals surface area contributed by atoms with Gasteiger partial charge in [-0.2, -0.15) is 0 Å². The van der Waals surface area contributed by atoms with E-state index < -0.39 is 0 Å². The van der Waals surface area contributed by atoms with Gasteiger partial charge in [0.1, 0.15) is 12.4 Å². The zero-order valence-electron chi connectivity index (χ0n) is 11.6. The van der Waals surface area contributed by atoms with Crippen LogP contribution in [0.15, 0.2) is 42.5 Å². The van der Waals surface area contributed by atoms with Crippen LogP contribution >= 0.6 is 0 Å². The van der Waals surface area contributed by atoms with Crippen LogP contribution < -0.4 is 14.2 Å². The molecular formula is C16H18O4. The highest BCUT2D eigenvalue weighted by Crippen LogP contribution is 2.28. The van der Waals surface area contributed by atoms with Crippen LogP contribution in [-0.2, 0) is 13.2 Å². The zero-order chi connectivity index (χ0) is 14.4. The highest BCUT2D eigenvalue weighted by atomic mass is 16.5. The third kappa shape index (κ3) is 3.22. The van der Waals surface area contributed by atoms with Crippen molar-refractivity contribution < 1.29 is 19.3 Å². The molecule has 0 aliphatic rings. The minimum atomic E-state index is -0.00828. The molecule has 0 spiro atoms. The topological polar surface area (TPSA) is 47.9 Å². The Morgan fingerprint density at radius 3 is 2.25 bits per heavy atom. The summed E-state index contributed by atoms with van der Waals surface area (Å²) in [5, 5.41) is 9.19. The molecule has 0 aromatic heterocycles. The highest BCUT2D eigenvalue weighted by Gasteiger charge is 2.08. The fourth-order valence-electron chi connectivity index (χ4n) is 1.94. The molecule has 0 bridgehead atoms. The van der Waals surface area contributed by atoms with Gasteiger partial charge in [-0.15, -0.1) is 0 Å². The van der Waals surface area contributed by atoms with Crippen molar-refractivity contribution in [1.82, 2.24) is 0 Å². The van der Waals surface area contributed by atoms with E-state index in [0.29, 0.717) is 18.1 Å². The molecule has 4 heteroatoms. The van der Waals surface area contributed by atoms with Crippen LogP contribution in [0.1, 0.15) is 11.1 Å². The standard InChI is InChI=1S/C16H18O4/c1-18-14-8-7-12(10-17)9-13(14)11-20-16-6-4-3-5-15(16)19-2/h3-9,17H,10-11H2,1-2H3. The Kier molecular flexibility index (Phi) is 4.85. The summed E-state index contributed by atoms with van der Waals surface area (Å²) in [7, 11) is 3.22. The van der Waals surface area contributed by atoms with E-state index in [0.717, 1.165) is 16.9 Å². The Labute approximate surface area is 118 Å². The molecule has 0 radical (unpaired) electrons. The smallest absolute Gasteiger partial charge is 0.161 e. The first-order chi connectivity index (χ1) is 9.78. The quantitative estimate of drug-likeness (QED) is 0.880. The molecule has 1 N–H and O–H groups in total. The molecule has 0 fully saturated rings. The molecule has 0 aliphatic carbocycles. The Balaban J connectivity index is 2.17. The molecule has 106 valence electrons. The van der Waals surface area contributed by atoms with Gasteiger partial charge in [-0.1, -0.05) is 18.2 Å². The van der Waals surface area contributed by atoms with E-state index in [2.05, 4.69) is 0 Å². The molecule has 2 aromatic carbocycles. The Bertz CT molecular complexity index is 566. The first-order valence-corrected chi connectivity index (χ1v) is 6.31. The average Bonchev–Trinajstić information content (AvgIpc) is 2.52. The molecule has 2 aromatic rings. The predicted octanol–water partition coefficient (Wildman–Crippen LogP) is 2.78. The molecule has 0 atom stereocenters. The number of para-hydroxylation sites is 2. The summed E-state index contributed by atoms with van der Waals surface area (Å²) in [6.07, 6.45) is 0. The van der Waals surface area contributed by atoms with Crippen LogP contribution in [0.25, 0.3) is 0 Å². The maximum absolute atomic E-state index is 9.19. The van der Waals surface area contributed by atoms with Crippen LogP contribution in [0.2, 0.25) is 0 Å². The number of methoxy groups -OCH3 is 2. The molecule has 20 heavy (non-hydrogen) atoms. The van der Waals surface area contributed by atoms with Gasteiger partial charge >= 0.3 is 0 Å². The van der Waals surface area contributed by atoms with Crippen molar-refractivity contribution in [3.05, 3.63) is 53.6 Å². The minimum Gasteiger partial charge on any atom is -0.496 e. The largest absolute Gasteiger partial charge is 0.496 e. The summed E-state index contributed by atoms with van der Waals surface area (Å²) in [5.74, 6) is 2.09. The maximum Gasteiger partial charge on any atom is 0.161 e. The van der Waals surface area contributed by atoms with Crippen molar-refractivity contribution in [2.75, 3.05) is 14.2 Å². The van der Waals surface area contributed by atoms with Crippen molar-refractivity contribution in [1.29, 1.82) is 0 Å². The fraction of sp³-hybridized carbons (Fsp3) is 0.250. The molecule has 4 nitrogen and oxygen atoms in total. The number of rotatable bonds is 6. The van der Waals surface area contributed by atoms with Gasteiger partial charge in [0.2, 0.25) is 0 Å². The number of hydrogen-bond donors (Lipinski definition) is 1. The molecule has 0 aliphatic heterocycles. The Morgan fingerprint density at radius 1 is 0.900 bits per heavy atom. The molecule has 0 amide bonds. The molecule has 0 heterocycles. The van der Waals surface area contributed by atoms with Gasteiger partial charge in [-0.05, 0) is 29.8 Å². The molecule has 0 unspecified atom stereocenters. The van der Waals surface area contributed by atoms with Crippen LogP contribution in [-0.4, -0.2) is 19.3 Å². The summed E-state index contributed by atoms with van der Waals surface area (Å²) in [6, 6.07) is 13.0. The number of aliphatic hydroxyl groups excluding tert-OH is 1. The highest BCUT2D eigenvalue weighted by molar-refractivity contribution is 5.41. The van der Waals surface area contributed by atoms with Gasteiger partial charge < -0.3 is 19.3 Å². The van der Waals surface area contributed by atoms with Gasteiger partial charge in [0.05, 0.1) is 20.8 Å². The van der Waals surface area contributed by atoms with E-state index in [-0.39, 0.29) is 6.61 Å². The van der Waals surface area contributed by atoms with Crippen molar-refractivity contribution in [3.63, 3.8) is 0 Å².